The highest BCUT2D eigenvalue weighted by molar-refractivity contribution is 5.67. The van der Waals surface area contributed by atoms with Crippen molar-refractivity contribution in [1.82, 2.24) is 4.90 Å². The molecule has 1 aromatic carbocycles. The van der Waals surface area contributed by atoms with E-state index in [0.717, 1.165) is 11.3 Å². The van der Waals surface area contributed by atoms with Crippen LogP contribution in [0.25, 0.3) is 0 Å². The Balaban J connectivity index is 2.24. The van der Waals surface area contributed by atoms with Crippen molar-refractivity contribution in [3.05, 3.63) is 33.9 Å². The molecule has 0 saturated carbocycles. The van der Waals surface area contributed by atoms with Gasteiger partial charge < -0.3 is 10.0 Å². The lowest BCUT2D eigenvalue weighted by molar-refractivity contribution is -0.384. The molecule has 21 heavy (non-hydrogen) atoms. The molecule has 1 heterocycles. The number of anilines is 1. The summed E-state index contributed by atoms with van der Waals surface area (Å²) in [6, 6.07) is 4.53. The van der Waals surface area contributed by atoms with Crippen LogP contribution in [-0.4, -0.2) is 46.2 Å². The number of aryl methyl sites for hydroxylation is 1. The molecule has 2 atom stereocenters. The molecule has 0 radical (unpaired) electrons. The lowest BCUT2D eigenvalue weighted by Crippen LogP contribution is -2.58. The molecule has 0 spiro atoms. The van der Waals surface area contributed by atoms with Gasteiger partial charge in [-0.3, -0.25) is 15.0 Å². The first-order chi connectivity index (χ1) is 9.81. The van der Waals surface area contributed by atoms with Crippen molar-refractivity contribution in [1.29, 1.82) is 0 Å². The van der Waals surface area contributed by atoms with Crippen molar-refractivity contribution in [2.24, 2.45) is 0 Å². The smallest absolute Gasteiger partial charge is 0.407 e. The molecule has 0 bridgehead atoms. The van der Waals surface area contributed by atoms with Gasteiger partial charge in [-0.2, -0.15) is 0 Å². The zero-order valence-electron chi connectivity index (χ0n) is 12.3. The van der Waals surface area contributed by atoms with E-state index in [2.05, 4.69) is 4.90 Å². The molecule has 1 aliphatic heterocycles. The number of amides is 1. The average Bonchev–Trinajstić information content (AvgIpc) is 2.36. The summed E-state index contributed by atoms with van der Waals surface area (Å²) in [6.45, 7) is 6.74. The summed E-state index contributed by atoms with van der Waals surface area (Å²) >= 11 is 0. The van der Waals surface area contributed by atoms with E-state index in [1.54, 1.807) is 12.1 Å². The van der Waals surface area contributed by atoms with Gasteiger partial charge in [-0.05, 0) is 32.4 Å². The van der Waals surface area contributed by atoms with Gasteiger partial charge in [-0.25, -0.2) is 4.79 Å². The van der Waals surface area contributed by atoms with Crippen molar-refractivity contribution >= 4 is 17.5 Å². The largest absolute Gasteiger partial charge is 0.465 e. The highest BCUT2D eigenvalue weighted by Gasteiger charge is 2.33. The highest BCUT2D eigenvalue weighted by atomic mass is 16.6. The number of hydrogen-bond donors (Lipinski definition) is 1. The van der Waals surface area contributed by atoms with E-state index in [1.807, 2.05) is 20.8 Å². The average molecular weight is 293 g/mol. The Morgan fingerprint density at radius 1 is 1.33 bits per heavy atom. The second-order valence-electron chi connectivity index (χ2n) is 5.52. The first-order valence-electron chi connectivity index (χ1n) is 6.82. The molecule has 1 saturated heterocycles. The maximum atomic E-state index is 11.2. The Bertz CT molecular complexity index is 563. The summed E-state index contributed by atoms with van der Waals surface area (Å²) in [5.74, 6) is 0. The SMILES string of the molecule is Cc1cc([N+](=O)[O-])ccc1N1C[C@@H](C)N(C(=O)O)[C@@H](C)C1. The number of benzene rings is 1. The van der Waals surface area contributed by atoms with Crippen LogP contribution in [0.15, 0.2) is 18.2 Å². The van der Waals surface area contributed by atoms with Crippen molar-refractivity contribution < 1.29 is 14.8 Å². The van der Waals surface area contributed by atoms with Crippen LogP contribution in [0.4, 0.5) is 16.2 Å². The normalized spacial score (nSPS) is 22.2. The van der Waals surface area contributed by atoms with Gasteiger partial charge in [-0.1, -0.05) is 0 Å². The molecule has 1 amide bonds. The minimum absolute atomic E-state index is 0.0709. The van der Waals surface area contributed by atoms with Crippen molar-refractivity contribution in [2.45, 2.75) is 32.9 Å². The fraction of sp³-hybridized carbons (Fsp3) is 0.500. The van der Waals surface area contributed by atoms with Gasteiger partial charge in [0.2, 0.25) is 0 Å². The number of hydrogen-bond acceptors (Lipinski definition) is 4. The minimum atomic E-state index is -0.907. The first-order valence-corrected chi connectivity index (χ1v) is 6.82. The van der Waals surface area contributed by atoms with Gasteiger partial charge >= 0.3 is 6.09 Å². The van der Waals surface area contributed by atoms with Crippen molar-refractivity contribution in [3.8, 4) is 0 Å². The van der Waals surface area contributed by atoms with E-state index in [1.165, 1.54) is 11.0 Å². The zero-order valence-corrected chi connectivity index (χ0v) is 12.3. The maximum absolute atomic E-state index is 11.2. The van der Waals surface area contributed by atoms with E-state index in [4.69, 9.17) is 0 Å². The predicted molar refractivity (Wildman–Crippen MR) is 78.8 cm³/mol. The van der Waals surface area contributed by atoms with Gasteiger partial charge in [0.05, 0.1) is 17.0 Å². The number of rotatable bonds is 2. The summed E-state index contributed by atoms with van der Waals surface area (Å²) in [7, 11) is 0. The van der Waals surface area contributed by atoms with Gasteiger partial charge in [0.15, 0.2) is 0 Å². The van der Waals surface area contributed by atoms with E-state index in [-0.39, 0.29) is 17.8 Å². The lowest BCUT2D eigenvalue weighted by Gasteiger charge is -2.44. The second-order valence-corrected chi connectivity index (χ2v) is 5.52. The van der Waals surface area contributed by atoms with E-state index in [0.29, 0.717) is 13.1 Å². The Kier molecular flexibility index (Phi) is 4.02. The standard InChI is InChI=1S/C14H19N3O4/c1-9-6-12(17(20)21)4-5-13(9)15-7-10(2)16(14(18)19)11(3)8-15/h4-6,10-11H,7-8H2,1-3H3,(H,18,19)/t10-,11+. The molecule has 1 N–H and O–H groups in total. The zero-order chi connectivity index (χ0) is 15.7. The Hall–Kier alpha value is -2.31. The summed E-state index contributed by atoms with van der Waals surface area (Å²) < 4.78 is 0. The number of nitro groups is 1. The second kappa shape index (κ2) is 5.59. The Morgan fingerprint density at radius 3 is 2.33 bits per heavy atom. The van der Waals surface area contributed by atoms with Crippen LogP contribution in [0.5, 0.6) is 0 Å². The van der Waals surface area contributed by atoms with Crippen LogP contribution >= 0.6 is 0 Å². The molecule has 0 aromatic heterocycles. The summed E-state index contributed by atoms with van der Waals surface area (Å²) in [4.78, 5) is 25.2. The molecular weight excluding hydrogens is 274 g/mol. The monoisotopic (exact) mass is 293 g/mol. The van der Waals surface area contributed by atoms with Crippen LogP contribution < -0.4 is 4.90 Å². The van der Waals surface area contributed by atoms with Gasteiger partial charge in [-0.15, -0.1) is 0 Å². The summed E-state index contributed by atoms with van der Waals surface area (Å²) in [5.41, 5.74) is 1.82. The van der Waals surface area contributed by atoms with Crippen molar-refractivity contribution in [2.75, 3.05) is 18.0 Å². The maximum Gasteiger partial charge on any atom is 0.407 e. The third-order valence-corrected chi connectivity index (χ3v) is 3.87. The molecule has 0 unspecified atom stereocenters. The van der Waals surface area contributed by atoms with Gasteiger partial charge in [0.25, 0.3) is 5.69 Å². The van der Waals surface area contributed by atoms with E-state index >= 15 is 0 Å². The summed E-state index contributed by atoms with van der Waals surface area (Å²) in [6.07, 6.45) is -0.907. The molecule has 1 aromatic rings. The van der Waals surface area contributed by atoms with Crippen LogP contribution in [0.3, 0.4) is 0 Å². The Labute approximate surface area is 122 Å². The van der Waals surface area contributed by atoms with Crippen LogP contribution in [0.1, 0.15) is 19.4 Å². The third kappa shape index (κ3) is 2.91. The molecule has 0 aliphatic carbocycles. The van der Waals surface area contributed by atoms with Gasteiger partial charge in [0.1, 0.15) is 0 Å². The molecule has 1 aliphatic rings. The molecular formula is C14H19N3O4. The van der Waals surface area contributed by atoms with Crippen molar-refractivity contribution in [3.63, 3.8) is 0 Å². The molecule has 114 valence electrons. The molecule has 7 heteroatoms. The molecule has 7 nitrogen and oxygen atoms in total. The van der Waals surface area contributed by atoms with Gasteiger partial charge in [0, 0.05) is 30.9 Å². The van der Waals surface area contributed by atoms with Crippen LogP contribution in [0.2, 0.25) is 0 Å². The van der Waals surface area contributed by atoms with Crippen LogP contribution in [-0.2, 0) is 0 Å². The first kappa shape index (κ1) is 15.1. The van der Waals surface area contributed by atoms with E-state index < -0.39 is 11.0 Å². The number of non-ortho nitro benzene ring substituents is 1. The van der Waals surface area contributed by atoms with Crippen LogP contribution in [0, 0.1) is 17.0 Å². The minimum Gasteiger partial charge on any atom is -0.465 e. The summed E-state index contributed by atoms with van der Waals surface area (Å²) in [5, 5.41) is 20.0. The Morgan fingerprint density at radius 2 is 1.90 bits per heavy atom. The fourth-order valence-corrected chi connectivity index (χ4v) is 3.00. The highest BCUT2D eigenvalue weighted by Crippen LogP contribution is 2.28. The predicted octanol–water partition coefficient (Wildman–Crippen LogP) is 2.48. The topological polar surface area (TPSA) is 86.9 Å². The number of nitro benzene ring substituents is 1. The number of carboxylic acid groups (broad SMARTS) is 1. The third-order valence-electron chi connectivity index (χ3n) is 3.87. The molecule has 2 rings (SSSR count). The van der Waals surface area contributed by atoms with E-state index in [9.17, 15) is 20.0 Å². The quantitative estimate of drug-likeness (QED) is 0.668. The number of carbonyl (C=O) groups is 1. The number of nitrogens with zero attached hydrogens (tertiary/aromatic N) is 3. The number of piperazine rings is 1. The molecule has 1 fully saturated rings. The fourth-order valence-electron chi connectivity index (χ4n) is 3.00. The lowest BCUT2D eigenvalue weighted by atomic mass is 10.1.